The van der Waals surface area contributed by atoms with Crippen molar-refractivity contribution in [3.05, 3.63) is 0 Å². The van der Waals surface area contributed by atoms with E-state index in [0.717, 1.165) is 0 Å². The van der Waals surface area contributed by atoms with Gasteiger partial charge in [-0.2, -0.15) is 0 Å². The number of hydrogen-bond acceptors (Lipinski definition) is 4. The molecule has 0 aromatic heterocycles. The first-order valence-corrected chi connectivity index (χ1v) is 6.87. The summed E-state index contributed by atoms with van der Waals surface area (Å²) >= 11 is 0. The van der Waals surface area contributed by atoms with Gasteiger partial charge in [0.15, 0.2) is 0 Å². The number of nitrogens with two attached hydrogens (primary N) is 1. The number of carbonyl (C=O) groups is 1. The van der Waals surface area contributed by atoms with Crippen molar-refractivity contribution in [2.75, 3.05) is 6.61 Å². The second-order valence-electron chi connectivity index (χ2n) is 3.32. The molecule has 0 spiro atoms. The monoisotopic (exact) mass is 177 g/mol. The van der Waals surface area contributed by atoms with Gasteiger partial charge in [-0.05, 0) is 19.6 Å². The predicted octanol–water partition coefficient (Wildman–Crippen LogP) is -0.316. The molecule has 0 amide bonds. The Bertz CT molecular complexity index is 143. The molecule has 0 fully saturated rings. The number of aliphatic hydroxyl groups excluding tert-OH is 1. The Morgan fingerprint density at radius 2 is 2.09 bits per heavy atom. The predicted molar refractivity (Wildman–Crippen MR) is 44.5 cm³/mol. The van der Waals surface area contributed by atoms with Gasteiger partial charge in [-0.25, -0.2) is 0 Å². The third kappa shape index (κ3) is 4.94. The van der Waals surface area contributed by atoms with Gasteiger partial charge < -0.3 is 15.3 Å². The molecule has 0 saturated carbocycles. The van der Waals surface area contributed by atoms with Gasteiger partial charge >= 0.3 is 5.97 Å². The molecule has 0 aromatic carbocycles. The summed E-state index contributed by atoms with van der Waals surface area (Å²) in [4.78, 5) is 10.9. The Morgan fingerprint density at radius 1 is 1.64 bits per heavy atom. The first-order chi connectivity index (χ1) is 4.87. The zero-order chi connectivity index (χ0) is 9.07. The highest BCUT2D eigenvalue weighted by atomic mass is 28.4. The minimum Gasteiger partial charge on any atom is -0.519 e. The van der Waals surface area contributed by atoms with Gasteiger partial charge in [-0.15, -0.1) is 0 Å². The van der Waals surface area contributed by atoms with Crippen LogP contribution in [0.25, 0.3) is 0 Å². The van der Waals surface area contributed by atoms with Gasteiger partial charge in [0.05, 0.1) is 6.61 Å². The second-order valence-corrected chi connectivity index (χ2v) is 7.75. The van der Waals surface area contributed by atoms with Crippen LogP contribution in [0, 0.1) is 0 Å². The summed E-state index contributed by atoms with van der Waals surface area (Å²) in [6, 6.07) is -0.887. The van der Waals surface area contributed by atoms with E-state index in [4.69, 9.17) is 15.3 Å². The molecule has 0 aliphatic heterocycles. The molecule has 11 heavy (non-hydrogen) atoms. The van der Waals surface area contributed by atoms with Crippen LogP contribution in [-0.4, -0.2) is 32.0 Å². The van der Waals surface area contributed by atoms with Crippen LogP contribution in [0.4, 0.5) is 0 Å². The van der Waals surface area contributed by atoms with Gasteiger partial charge in [0.25, 0.3) is 0 Å². The molecule has 0 radical (unpaired) electrons. The molecule has 3 N–H and O–H groups in total. The lowest BCUT2D eigenvalue weighted by Gasteiger charge is -2.19. The molecule has 0 rings (SSSR count). The van der Waals surface area contributed by atoms with E-state index in [-0.39, 0.29) is 6.61 Å². The Balaban J connectivity index is 3.88. The van der Waals surface area contributed by atoms with Crippen molar-refractivity contribution in [2.45, 2.75) is 25.7 Å². The van der Waals surface area contributed by atoms with Crippen LogP contribution in [0.3, 0.4) is 0 Å². The van der Waals surface area contributed by atoms with Gasteiger partial charge in [0.2, 0.25) is 8.32 Å². The van der Waals surface area contributed by atoms with Crippen LogP contribution in [0.5, 0.6) is 0 Å². The number of carbonyl (C=O) groups excluding carboxylic acids is 1. The first kappa shape index (κ1) is 10.6. The number of hydrogen-bond donors (Lipinski definition) is 2. The highest BCUT2D eigenvalue weighted by molar-refractivity contribution is 6.71. The summed E-state index contributed by atoms with van der Waals surface area (Å²) < 4.78 is 5.01. The molecule has 0 saturated heterocycles. The normalized spacial score (nSPS) is 14.3. The van der Waals surface area contributed by atoms with Crippen LogP contribution >= 0.6 is 0 Å². The molecule has 0 aromatic rings. The minimum atomic E-state index is -1.84. The Labute approximate surface area is 67.5 Å². The summed E-state index contributed by atoms with van der Waals surface area (Å²) in [6.45, 7) is 5.29. The van der Waals surface area contributed by atoms with Crippen LogP contribution in [0.15, 0.2) is 0 Å². The highest BCUT2D eigenvalue weighted by Crippen LogP contribution is 2.03. The zero-order valence-electron chi connectivity index (χ0n) is 7.13. The van der Waals surface area contributed by atoms with Gasteiger partial charge in [-0.3, -0.25) is 4.79 Å². The second kappa shape index (κ2) is 3.84. The standard InChI is InChI=1S/C6H15NO3Si/c1-11(2,3)10-6(9)5(7)4-8/h5,8H,4,7H2,1-3H3/t5-/m0/s1. The fraction of sp³-hybridized carbons (Fsp3) is 0.833. The maximum atomic E-state index is 10.9. The van der Waals surface area contributed by atoms with Crippen LogP contribution in [0.2, 0.25) is 19.6 Å². The van der Waals surface area contributed by atoms with E-state index >= 15 is 0 Å². The van der Waals surface area contributed by atoms with Crippen molar-refractivity contribution in [3.63, 3.8) is 0 Å². The van der Waals surface area contributed by atoms with Crippen molar-refractivity contribution >= 4 is 14.3 Å². The van der Waals surface area contributed by atoms with Crippen molar-refractivity contribution < 1.29 is 14.3 Å². The fourth-order valence-corrected chi connectivity index (χ4v) is 1.21. The zero-order valence-corrected chi connectivity index (χ0v) is 8.13. The van der Waals surface area contributed by atoms with E-state index in [0.29, 0.717) is 0 Å². The van der Waals surface area contributed by atoms with E-state index in [1.165, 1.54) is 0 Å². The minimum absolute atomic E-state index is 0.358. The molecule has 0 unspecified atom stereocenters. The van der Waals surface area contributed by atoms with Crippen molar-refractivity contribution in [1.29, 1.82) is 0 Å². The van der Waals surface area contributed by atoms with Crippen molar-refractivity contribution in [1.82, 2.24) is 0 Å². The molecular weight excluding hydrogens is 162 g/mol. The average Bonchev–Trinajstić information content (AvgIpc) is 1.82. The number of rotatable bonds is 3. The van der Waals surface area contributed by atoms with E-state index in [2.05, 4.69) is 0 Å². The largest absolute Gasteiger partial charge is 0.519 e. The lowest BCUT2D eigenvalue weighted by atomic mass is 10.3. The summed E-state index contributed by atoms with van der Waals surface area (Å²) in [5.41, 5.74) is 5.22. The van der Waals surface area contributed by atoms with Crippen LogP contribution in [0.1, 0.15) is 0 Å². The summed E-state index contributed by atoms with van der Waals surface area (Å²) in [5.74, 6) is -0.508. The molecular formula is C6H15NO3Si. The summed E-state index contributed by atoms with van der Waals surface area (Å²) in [6.07, 6.45) is 0. The quantitative estimate of drug-likeness (QED) is 0.580. The van der Waals surface area contributed by atoms with E-state index in [9.17, 15) is 4.79 Å². The molecule has 5 heteroatoms. The highest BCUT2D eigenvalue weighted by Gasteiger charge is 2.23. The molecule has 1 atom stereocenters. The van der Waals surface area contributed by atoms with Gasteiger partial charge in [0, 0.05) is 0 Å². The lowest BCUT2D eigenvalue weighted by molar-refractivity contribution is -0.137. The van der Waals surface area contributed by atoms with Crippen LogP contribution < -0.4 is 5.73 Å². The lowest BCUT2D eigenvalue weighted by Crippen LogP contribution is -2.41. The Morgan fingerprint density at radius 3 is 2.36 bits per heavy atom. The van der Waals surface area contributed by atoms with Crippen molar-refractivity contribution in [3.8, 4) is 0 Å². The first-order valence-electron chi connectivity index (χ1n) is 3.46. The van der Waals surface area contributed by atoms with Crippen LogP contribution in [-0.2, 0) is 9.22 Å². The molecule has 0 heterocycles. The van der Waals surface area contributed by atoms with E-state index in [1.807, 2.05) is 19.6 Å². The molecule has 0 aliphatic carbocycles. The summed E-state index contributed by atoms with van der Waals surface area (Å²) in [5, 5.41) is 8.49. The SMILES string of the molecule is C[Si](C)(C)OC(=O)[C@@H](N)CO. The maximum absolute atomic E-state index is 10.9. The smallest absolute Gasteiger partial charge is 0.312 e. The topological polar surface area (TPSA) is 72.5 Å². The van der Waals surface area contributed by atoms with E-state index in [1.54, 1.807) is 0 Å². The fourth-order valence-electron chi connectivity index (χ4n) is 0.452. The van der Waals surface area contributed by atoms with E-state index < -0.39 is 20.3 Å². The molecule has 0 aliphatic rings. The third-order valence-corrected chi connectivity index (χ3v) is 1.72. The average molecular weight is 177 g/mol. The molecule has 66 valence electrons. The number of aliphatic hydroxyl groups is 1. The molecule has 4 nitrogen and oxygen atoms in total. The van der Waals surface area contributed by atoms with Crippen molar-refractivity contribution in [2.24, 2.45) is 5.73 Å². The van der Waals surface area contributed by atoms with Gasteiger partial charge in [0.1, 0.15) is 6.04 Å². The maximum Gasteiger partial charge on any atom is 0.312 e. The Hall–Kier alpha value is -0.393. The Kier molecular flexibility index (Phi) is 3.71. The van der Waals surface area contributed by atoms with Gasteiger partial charge in [-0.1, -0.05) is 0 Å². The molecule has 0 bridgehead atoms. The third-order valence-electron chi connectivity index (χ3n) is 0.906. The summed E-state index contributed by atoms with van der Waals surface area (Å²) in [7, 11) is -1.84.